The number of cyclic esters (lactones) is 1. The molecule has 0 unspecified atom stereocenters. The van der Waals surface area contributed by atoms with E-state index in [0.29, 0.717) is 71.4 Å². The average Bonchev–Trinajstić information content (AvgIpc) is 3.87. The van der Waals surface area contributed by atoms with Crippen LogP contribution in [-0.4, -0.2) is 78.7 Å². The molecular weight excluding hydrogens is 748 g/mol. The molecule has 1 aliphatic carbocycles. The summed E-state index contributed by atoms with van der Waals surface area (Å²) in [6, 6.07) is 19.0. The van der Waals surface area contributed by atoms with Crippen LogP contribution in [0.15, 0.2) is 60.7 Å². The quantitative estimate of drug-likeness (QED) is 0.105. The van der Waals surface area contributed by atoms with Crippen molar-refractivity contribution in [2.75, 3.05) is 54.9 Å². The first-order valence-corrected chi connectivity index (χ1v) is 19.4. The van der Waals surface area contributed by atoms with E-state index < -0.39 is 35.8 Å². The van der Waals surface area contributed by atoms with Crippen LogP contribution in [0.1, 0.15) is 72.8 Å². The minimum absolute atomic E-state index is 0.0261. The highest BCUT2D eigenvalue weighted by molar-refractivity contribution is 5.88. The van der Waals surface area contributed by atoms with E-state index in [9.17, 15) is 19.2 Å². The summed E-state index contributed by atoms with van der Waals surface area (Å²) in [6.07, 6.45) is 0.212. The van der Waals surface area contributed by atoms with Crippen LogP contribution in [0.3, 0.4) is 0 Å². The van der Waals surface area contributed by atoms with Crippen LogP contribution in [0.25, 0.3) is 10.8 Å². The Bertz CT molecular complexity index is 2180. The van der Waals surface area contributed by atoms with Crippen molar-refractivity contribution in [1.82, 2.24) is 10.6 Å². The fourth-order valence-corrected chi connectivity index (χ4v) is 8.08. The van der Waals surface area contributed by atoms with Crippen LogP contribution >= 0.6 is 0 Å². The van der Waals surface area contributed by atoms with E-state index >= 15 is 0 Å². The predicted octanol–water partition coefficient (Wildman–Crippen LogP) is 5.72. The van der Waals surface area contributed by atoms with Crippen LogP contribution in [0.2, 0.25) is 0 Å². The van der Waals surface area contributed by atoms with Gasteiger partial charge in [-0.2, -0.15) is 0 Å². The second-order valence-corrected chi connectivity index (χ2v) is 14.5. The molecule has 0 radical (unpaired) electrons. The molecule has 2 N–H and O–H groups in total. The second-order valence-electron chi connectivity index (χ2n) is 14.5. The highest BCUT2D eigenvalue weighted by atomic mass is 16.7. The molecule has 7 rings (SSSR count). The molecule has 306 valence electrons. The molecule has 0 aromatic heterocycles. The number of fused-ring (bicyclic) bond motifs is 4. The maximum Gasteiger partial charge on any atom is 0.310 e. The van der Waals surface area contributed by atoms with Gasteiger partial charge in [0.2, 0.25) is 24.4 Å². The van der Waals surface area contributed by atoms with Gasteiger partial charge >= 0.3 is 11.9 Å². The number of hydrogen-bond donors (Lipinski definition) is 2. The Kier molecular flexibility index (Phi) is 12.1. The van der Waals surface area contributed by atoms with Crippen molar-refractivity contribution in [3.05, 3.63) is 82.9 Å². The van der Waals surface area contributed by atoms with E-state index in [4.69, 9.17) is 37.9 Å². The van der Waals surface area contributed by atoms with Gasteiger partial charge in [-0.05, 0) is 83.6 Å². The number of unbranched alkanes of at least 4 members (excludes halogenated alkanes) is 1. The fraction of sp³-hybridized carbons (Fsp3) is 0.409. The third-order valence-electron chi connectivity index (χ3n) is 11.2. The normalized spacial score (nSPS) is 19.3. The molecule has 3 aliphatic rings. The average molecular weight is 797 g/mol. The smallest absolute Gasteiger partial charge is 0.310 e. The summed E-state index contributed by atoms with van der Waals surface area (Å²) in [4.78, 5) is 52.4. The molecule has 2 heterocycles. The Morgan fingerprint density at radius 1 is 0.759 bits per heavy atom. The van der Waals surface area contributed by atoms with E-state index in [0.717, 1.165) is 22.1 Å². The zero-order valence-electron chi connectivity index (χ0n) is 33.2. The number of ether oxygens (including phenoxy) is 8. The zero-order valence-corrected chi connectivity index (χ0v) is 33.2. The molecule has 4 aromatic carbocycles. The number of nitrogens with one attached hydrogen (secondary N) is 2. The van der Waals surface area contributed by atoms with E-state index in [1.54, 1.807) is 25.3 Å². The van der Waals surface area contributed by atoms with Crippen molar-refractivity contribution >= 4 is 34.5 Å². The highest BCUT2D eigenvalue weighted by Crippen LogP contribution is 2.56. The van der Waals surface area contributed by atoms with E-state index in [-0.39, 0.29) is 44.0 Å². The van der Waals surface area contributed by atoms with Gasteiger partial charge in [-0.1, -0.05) is 24.3 Å². The topological polar surface area (TPSA) is 166 Å². The minimum Gasteiger partial charge on any atom is -0.497 e. The number of methoxy groups -OCH3 is 4. The summed E-state index contributed by atoms with van der Waals surface area (Å²) in [6.45, 7) is 2.80. The summed E-state index contributed by atoms with van der Waals surface area (Å²) in [5.41, 5.74) is 2.99. The molecule has 58 heavy (non-hydrogen) atoms. The van der Waals surface area contributed by atoms with E-state index in [1.807, 2.05) is 49.4 Å². The standard InChI is InChI=1S/C44H48N2O12/c1-24(25-8-9-27-17-29(51-2)11-10-26(27)16-25)43(49)46-15-7-6-14-45-37(47)12-13-38(48)58-41-31-21-34-33(56-23-57-34)20-30(31)39(40-32(41)22-55-44(40)50)28-18-35(52-3)42(54-5)36(19-28)53-4/h8-11,16-21,24,32,39-41H,6-7,12-15,22-23H2,1-5H3,(H,45,47)(H,46,49)/t24-,32-,39+,40-,41-/m1/s1. The van der Waals surface area contributed by atoms with Crippen molar-refractivity contribution in [3.8, 4) is 34.5 Å². The van der Waals surface area contributed by atoms with Gasteiger partial charge in [-0.15, -0.1) is 0 Å². The first-order valence-electron chi connectivity index (χ1n) is 19.4. The molecule has 1 saturated heterocycles. The summed E-state index contributed by atoms with van der Waals surface area (Å²) in [7, 11) is 6.19. The first-order chi connectivity index (χ1) is 28.1. The highest BCUT2D eigenvalue weighted by Gasteiger charge is 2.54. The Labute approximate surface area is 336 Å². The maximum absolute atomic E-state index is 13.5. The molecular formula is C44H48N2O12. The molecule has 0 bridgehead atoms. The van der Waals surface area contributed by atoms with Gasteiger partial charge < -0.3 is 48.5 Å². The molecule has 4 aromatic rings. The van der Waals surface area contributed by atoms with Crippen molar-refractivity contribution in [1.29, 1.82) is 0 Å². The maximum atomic E-state index is 13.5. The van der Waals surface area contributed by atoms with Gasteiger partial charge in [0.05, 0.1) is 53.3 Å². The van der Waals surface area contributed by atoms with Crippen molar-refractivity contribution < 1.29 is 57.1 Å². The lowest BCUT2D eigenvalue weighted by Crippen LogP contribution is -2.36. The number of carbonyl (C=O) groups is 4. The molecule has 5 atom stereocenters. The van der Waals surface area contributed by atoms with Crippen LogP contribution in [0.5, 0.6) is 34.5 Å². The Morgan fingerprint density at radius 3 is 2.12 bits per heavy atom. The third-order valence-corrected chi connectivity index (χ3v) is 11.2. The van der Waals surface area contributed by atoms with Crippen molar-refractivity contribution in [2.45, 2.75) is 50.5 Å². The lowest BCUT2D eigenvalue weighted by atomic mass is 9.66. The predicted molar refractivity (Wildman–Crippen MR) is 211 cm³/mol. The van der Waals surface area contributed by atoms with Crippen LogP contribution in [0.4, 0.5) is 0 Å². The zero-order chi connectivity index (χ0) is 40.9. The number of carbonyl (C=O) groups excluding carboxylic acids is 4. The number of amides is 2. The molecule has 2 aliphatic heterocycles. The molecule has 0 saturated carbocycles. The molecule has 0 spiro atoms. The summed E-state index contributed by atoms with van der Waals surface area (Å²) in [5, 5.41) is 7.91. The molecule has 14 heteroatoms. The van der Waals surface area contributed by atoms with Crippen LogP contribution in [-0.2, 0) is 28.7 Å². The van der Waals surface area contributed by atoms with Gasteiger partial charge in [0.1, 0.15) is 11.9 Å². The molecule has 2 amide bonds. The lowest BCUT2D eigenvalue weighted by molar-refractivity contribution is -0.155. The van der Waals surface area contributed by atoms with Gasteiger partial charge in [0.15, 0.2) is 23.0 Å². The first kappa shape index (κ1) is 40.0. The molecule has 1 fully saturated rings. The van der Waals surface area contributed by atoms with E-state index in [2.05, 4.69) is 10.6 Å². The van der Waals surface area contributed by atoms with Crippen molar-refractivity contribution in [2.24, 2.45) is 11.8 Å². The number of hydrogen-bond acceptors (Lipinski definition) is 12. The van der Waals surface area contributed by atoms with Gasteiger partial charge in [-0.3, -0.25) is 19.2 Å². The third kappa shape index (κ3) is 8.13. The summed E-state index contributed by atoms with van der Waals surface area (Å²) in [5.74, 6) is -0.452. The van der Waals surface area contributed by atoms with Crippen LogP contribution < -0.4 is 39.1 Å². The van der Waals surface area contributed by atoms with Gasteiger partial charge in [-0.25, -0.2) is 0 Å². The number of benzene rings is 4. The Balaban J connectivity index is 0.931. The van der Waals surface area contributed by atoms with Gasteiger partial charge in [0, 0.05) is 36.9 Å². The second kappa shape index (κ2) is 17.5. The molecule has 14 nitrogen and oxygen atoms in total. The fourth-order valence-electron chi connectivity index (χ4n) is 8.08. The largest absolute Gasteiger partial charge is 0.497 e. The Hall–Kier alpha value is -6.18. The SMILES string of the molecule is COc1ccc2cc([C@@H](C)C(=O)NCCCCNC(=O)CCC(=O)O[C@@H]3c4cc5c(cc4[C@H](c4cc(OC)c(OC)c(OC)c4)[C@@H]4C(=O)OC[C@H]43)OCO5)ccc2c1. The number of rotatable bonds is 16. The number of esters is 2. The van der Waals surface area contributed by atoms with Crippen molar-refractivity contribution in [3.63, 3.8) is 0 Å². The lowest BCUT2D eigenvalue weighted by Gasteiger charge is -2.38. The monoisotopic (exact) mass is 796 g/mol. The summed E-state index contributed by atoms with van der Waals surface area (Å²) < 4.78 is 45.2. The van der Waals surface area contributed by atoms with Crippen LogP contribution in [0, 0.1) is 11.8 Å². The van der Waals surface area contributed by atoms with Gasteiger partial charge in [0.25, 0.3) is 0 Å². The summed E-state index contributed by atoms with van der Waals surface area (Å²) >= 11 is 0. The van der Waals surface area contributed by atoms with E-state index in [1.165, 1.54) is 21.3 Å². The Morgan fingerprint density at radius 2 is 1.43 bits per heavy atom. The minimum atomic E-state index is -0.849.